The van der Waals surface area contributed by atoms with Gasteiger partial charge in [0.05, 0.1) is 18.7 Å². The molecule has 0 radical (unpaired) electrons. The fourth-order valence-corrected chi connectivity index (χ4v) is 4.38. The number of carbonyl (C=O) groups excluding carboxylic acids is 3. The van der Waals surface area contributed by atoms with E-state index in [1.54, 1.807) is 38.9 Å². The summed E-state index contributed by atoms with van der Waals surface area (Å²) in [4.78, 5) is 41.2. The van der Waals surface area contributed by atoms with Crippen LogP contribution in [0.15, 0.2) is 42.0 Å². The normalized spacial score (nSPS) is 15.0. The van der Waals surface area contributed by atoms with Crippen LogP contribution in [-0.2, 0) is 24.5 Å². The summed E-state index contributed by atoms with van der Waals surface area (Å²) >= 11 is 0. The van der Waals surface area contributed by atoms with Crippen molar-refractivity contribution in [3.8, 4) is 0 Å². The Morgan fingerprint density at radius 2 is 1.61 bits per heavy atom. The molecule has 0 fully saturated rings. The second kappa shape index (κ2) is 13.6. The van der Waals surface area contributed by atoms with Gasteiger partial charge in [0.15, 0.2) is 0 Å². The Balaban J connectivity index is 3.25. The quantitative estimate of drug-likeness (QED) is 0.331. The monoisotopic (exact) mass is 501 g/mol. The number of carbonyl (C=O) groups is 3. The number of nitrogens with one attached hydrogen (secondary N) is 2. The van der Waals surface area contributed by atoms with E-state index in [9.17, 15) is 14.4 Å². The number of ether oxygens (including phenoxy) is 1. The standard InChI is InChI=1S/C29H47N3O4/c1-11-16-22(19-20(3)27(35)36-12-2)32(10)26(34)24(28(4,5)6)31-25(33)23(30-9)29(7,8)21-17-14-13-15-18-21/h13-15,17-19,22-24,30H,11-12,16H2,1-10H3,(H,31,33)/b20-19+/t22?,23-,24?/m1/s1. The Morgan fingerprint density at radius 3 is 2.08 bits per heavy atom. The number of rotatable bonds is 12. The predicted octanol–water partition coefficient (Wildman–Crippen LogP) is 4.22. The van der Waals surface area contributed by atoms with Crippen LogP contribution in [0.4, 0.5) is 0 Å². The van der Waals surface area contributed by atoms with Crippen molar-refractivity contribution in [1.29, 1.82) is 0 Å². The second-order valence-electron chi connectivity index (χ2n) is 11.0. The zero-order chi connectivity index (χ0) is 27.7. The molecule has 2 N–H and O–H groups in total. The third kappa shape index (κ3) is 8.19. The summed E-state index contributed by atoms with van der Waals surface area (Å²) in [5.41, 5.74) is 0.443. The average molecular weight is 502 g/mol. The van der Waals surface area contributed by atoms with E-state index >= 15 is 0 Å². The summed E-state index contributed by atoms with van der Waals surface area (Å²) in [6, 6.07) is 8.26. The predicted molar refractivity (Wildman–Crippen MR) is 146 cm³/mol. The first-order valence-electron chi connectivity index (χ1n) is 12.9. The van der Waals surface area contributed by atoms with Gasteiger partial charge in [0.25, 0.3) is 0 Å². The van der Waals surface area contributed by atoms with Gasteiger partial charge in [-0.3, -0.25) is 9.59 Å². The molecule has 3 atom stereocenters. The lowest BCUT2D eigenvalue weighted by molar-refractivity contribution is -0.140. The van der Waals surface area contributed by atoms with Gasteiger partial charge < -0.3 is 20.3 Å². The van der Waals surface area contributed by atoms with Crippen molar-refractivity contribution in [3.63, 3.8) is 0 Å². The molecule has 0 spiro atoms. The van der Waals surface area contributed by atoms with Crippen molar-refractivity contribution < 1.29 is 19.1 Å². The molecule has 2 amide bonds. The van der Waals surface area contributed by atoms with E-state index in [0.29, 0.717) is 18.6 Å². The number of benzene rings is 1. The van der Waals surface area contributed by atoms with Gasteiger partial charge in [0.1, 0.15) is 6.04 Å². The van der Waals surface area contributed by atoms with E-state index in [4.69, 9.17) is 4.74 Å². The van der Waals surface area contributed by atoms with Gasteiger partial charge in [-0.15, -0.1) is 0 Å². The van der Waals surface area contributed by atoms with Crippen LogP contribution in [0.25, 0.3) is 0 Å². The van der Waals surface area contributed by atoms with Crippen molar-refractivity contribution >= 4 is 17.8 Å². The Hall–Kier alpha value is -2.67. The lowest BCUT2D eigenvalue weighted by Crippen LogP contribution is -2.61. The van der Waals surface area contributed by atoms with E-state index in [1.165, 1.54) is 0 Å². The molecule has 0 aliphatic heterocycles. The van der Waals surface area contributed by atoms with Gasteiger partial charge in [-0.25, -0.2) is 4.79 Å². The first-order valence-corrected chi connectivity index (χ1v) is 12.9. The molecule has 7 nitrogen and oxygen atoms in total. The molecule has 7 heteroatoms. The zero-order valence-corrected chi connectivity index (χ0v) is 23.9. The molecule has 0 aliphatic carbocycles. The highest BCUT2D eigenvalue weighted by Gasteiger charge is 2.41. The highest BCUT2D eigenvalue weighted by Crippen LogP contribution is 2.29. The van der Waals surface area contributed by atoms with Crippen LogP contribution < -0.4 is 10.6 Å². The van der Waals surface area contributed by atoms with Crippen LogP contribution in [0.3, 0.4) is 0 Å². The summed E-state index contributed by atoms with van der Waals surface area (Å²) in [7, 11) is 3.49. The maximum absolute atomic E-state index is 13.8. The summed E-state index contributed by atoms with van der Waals surface area (Å²) < 4.78 is 5.11. The summed E-state index contributed by atoms with van der Waals surface area (Å²) in [5, 5.41) is 6.21. The topological polar surface area (TPSA) is 87.7 Å². The maximum atomic E-state index is 13.8. The van der Waals surface area contributed by atoms with E-state index in [2.05, 4.69) is 10.6 Å². The van der Waals surface area contributed by atoms with Gasteiger partial charge in [-0.1, -0.05) is 84.4 Å². The fraction of sp³-hybridized carbons (Fsp3) is 0.621. The number of amides is 2. The van der Waals surface area contributed by atoms with Crippen LogP contribution in [0.5, 0.6) is 0 Å². The number of nitrogens with zero attached hydrogens (tertiary/aromatic N) is 1. The molecular formula is C29H47N3O4. The van der Waals surface area contributed by atoms with Gasteiger partial charge in [-0.05, 0) is 38.3 Å². The van der Waals surface area contributed by atoms with Crippen molar-refractivity contribution in [2.75, 3.05) is 20.7 Å². The Morgan fingerprint density at radius 1 is 1.03 bits per heavy atom. The minimum atomic E-state index is -0.756. The van der Waals surface area contributed by atoms with Crippen LogP contribution in [0, 0.1) is 5.41 Å². The molecule has 0 heterocycles. The Bertz CT molecular complexity index is 903. The van der Waals surface area contributed by atoms with E-state index < -0.39 is 22.9 Å². The smallest absolute Gasteiger partial charge is 0.333 e. The Labute approximate surface area is 218 Å². The van der Waals surface area contributed by atoms with Gasteiger partial charge in [0.2, 0.25) is 11.8 Å². The molecular weight excluding hydrogens is 454 g/mol. The third-order valence-electron chi connectivity index (χ3n) is 6.66. The van der Waals surface area contributed by atoms with Gasteiger partial charge in [0, 0.05) is 18.0 Å². The third-order valence-corrected chi connectivity index (χ3v) is 6.66. The van der Waals surface area contributed by atoms with Crippen molar-refractivity contribution in [2.45, 2.75) is 91.8 Å². The highest BCUT2D eigenvalue weighted by atomic mass is 16.5. The highest BCUT2D eigenvalue weighted by molar-refractivity contribution is 5.92. The average Bonchev–Trinajstić information content (AvgIpc) is 2.81. The fourth-order valence-electron chi connectivity index (χ4n) is 4.38. The molecule has 2 unspecified atom stereocenters. The van der Waals surface area contributed by atoms with Crippen molar-refractivity contribution in [1.82, 2.24) is 15.5 Å². The minimum Gasteiger partial charge on any atom is -0.463 e. The lowest BCUT2D eigenvalue weighted by Gasteiger charge is -2.39. The molecule has 0 aliphatic rings. The molecule has 1 aromatic rings. The number of esters is 1. The molecule has 36 heavy (non-hydrogen) atoms. The SMILES string of the molecule is CCCC(/C=C(\C)C(=O)OCC)N(C)C(=O)C(NC(=O)[C@@H](NC)C(C)(C)c1ccccc1)C(C)(C)C. The first-order chi connectivity index (χ1) is 16.7. The molecule has 0 saturated heterocycles. The largest absolute Gasteiger partial charge is 0.463 e. The van der Waals surface area contributed by atoms with Crippen LogP contribution in [-0.4, -0.2) is 61.5 Å². The van der Waals surface area contributed by atoms with Crippen molar-refractivity contribution in [3.05, 3.63) is 47.5 Å². The molecule has 0 bridgehead atoms. The van der Waals surface area contributed by atoms with Crippen LogP contribution in [0.2, 0.25) is 0 Å². The van der Waals surface area contributed by atoms with Gasteiger partial charge >= 0.3 is 5.97 Å². The molecule has 0 saturated carbocycles. The number of likely N-dealkylation sites (N-methyl/N-ethyl adjacent to an activating group) is 2. The minimum absolute atomic E-state index is 0.199. The summed E-state index contributed by atoms with van der Waals surface area (Å²) in [6.45, 7) is 15.6. The van der Waals surface area contributed by atoms with E-state index in [0.717, 1.165) is 12.0 Å². The van der Waals surface area contributed by atoms with Gasteiger partial charge in [-0.2, -0.15) is 0 Å². The van der Waals surface area contributed by atoms with Crippen LogP contribution >= 0.6 is 0 Å². The molecule has 0 aromatic heterocycles. The molecule has 202 valence electrons. The summed E-state index contributed by atoms with van der Waals surface area (Å²) in [6.07, 6.45) is 3.30. The molecule has 1 aromatic carbocycles. The number of hydrogen-bond acceptors (Lipinski definition) is 5. The number of hydrogen-bond donors (Lipinski definition) is 2. The summed E-state index contributed by atoms with van der Waals surface area (Å²) in [5.74, 6) is -0.826. The lowest BCUT2D eigenvalue weighted by atomic mass is 9.76. The maximum Gasteiger partial charge on any atom is 0.333 e. The second-order valence-corrected chi connectivity index (χ2v) is 11.0. The Kier molecular flexibility index (Phi) is 11.8. The first kappa shape index (κ1) is 31.4. The van der Waals surface area contributed by atoms with Crippen LogP contribution in [0.1, 0.15) is 73.8 Å². The van der Waals surface area contributed by atoms with E-state index in [-0.39, 0.29) is 23.8 Å². The van der Waals surface area contributed by atoms with E-state index in [1.807, 2.05) is 71.9 Å². The van der Waals surface area contributed by atoms with Crippen molar-refractivity contribution in [2.24, 2.45) is 5.41 Å². The molecule has 1 rings (SSSR count). The zero-order valence-electron chi connectivity index (χ0n) is 23.9.